The van der Waals surface area contributed by atoms with Gasteiger partial charge in [0.15, 0.2) is 6.29 Å². The minimum Gasteiger partial charge on any atom is -0.481 e. The van der Waals surface area contributed by atoms with Crippen molar-refractivity contribution in [2.45, 2.75) is 70.4 Å². The van der Waals surface area contributed by atoms with Crippen molar-refractivity contribution in [1.82, 2.24) is 10.2 Å². The Kier molecular flexibility index (Phi) is 10.8. The Morgan fingerprint density at radius 3 is 2.39 bits per heavy atom. The second-order valence-electron chi connectivity index (χ2n) is 11.9. The molecule has 9 heteroatoms. The number of rotatable bonds is 12. The first-order valence-electron chi connectivity index (χ1n) is 15.4. The van der Waals surface area contributed by atoms with Gasteiger partial charge in [-0.15, -0.1) is 0 Å². The van der Waals surface area contributed by atoms with Crippen LogP contribution in [0.1, 0.15) is 67.3 Å². The van der Waals surface area contributed by atoms with Gasteiger partial charge in [-0.05, 0) is 52.8 Å². The van der Waals surface area contributed by atoms with Crippen molar-refractivity contribution in [3.05, 3.63) is 95.1 Å². The van der Waals surface area contributed by atoms with Gasteiger partial charge in [0.25, 0.3) is 0 Å². The van der Waals surface area contributed by atoms with Crippen LogP contribution >= 0.6 is 0 Å². The molecule has 2 aliphatic heterocycles. The fourth-order valence-electron chi connectivity index (χ4n) is 5.98. The number of aliphatic hydroxyl groups excluding tert-OH is 2. The predicted molar refractivity (Wildman–Crippen MR) is 165 cm³/mol. The number of nitrogens with zero attached hydrogens (tertiary/aromatic N) is 1. The van der Waals surface area contributed by atoms with Gasteiger partial charge in [0.1, 0.15) is 0 Å². The molecule has 0 radical (unpaired) electrons. The number of likely N-dealkylation sites (tertiary alicyclic amines) is 1. The highest BCUT2D eigenvalue weighted by molar-refractivity contribution is 5.76. The van der Waals surface area contributed by atoms with Crippen molar-refractivity contribution in [3.63, 3.8) is 0 Å². The molecule has 3 aromatic carbocycles. The van der Waals surface area contributed by atoms with E-state index in [0.29, 0.717) is 26.1 Å². The van der Waals surface area contributed by atoms with Gasteiger partial charge < -0.3 is 30.1 Å². The summed E-state index contributed by atoms with van der Waals surface area (Å²) in [6.45, 7) is 4.67. The van der Waals surface area contributed by atoms with Crippen molar-refractivity contribution in [2.75, 3.05) is 19.6 Å². The summed E-state index contributed by atoms with van der Waals surface area (Å²) in [6, 6.07) is 23.9. The van der Waals surface area contributed by atoms with Gasteiger partial charge in [0.05, 0.1) is 24.9 Å². The molecule has 0 bridgehead atoms. The van der Waals surface area contributed by atoms with Gasteiger partial charge in [-0.2, -0.15) is 0 Å². The van der Waals surface area contributed by atoms with Gasteiger partial charge in [-0.25, -0.2) is 0 Å². The number of ether oxygens (including phenoxy) is 2. The standard InChI is InChI=1S/C35H42N2O7/c1-23-31(21-37-16-15-30(39)20-37)43-35(44-34(23)26-13-11-24(22-38)12-14-26)29-8-3-7-28(18-29)27-6-2-5-25(17-27)19-36-32(40)9-4-10-33(41)42/h2-3,5-8,11-14,17-18,23,30-31,34-35,38-39H,4,9-10,15-16,19-22H2,1H3,(H,36,40)(H,41,42)/t23-,30-,31+,34+,35+/m0/s1. The van der Waals surface area contributed by atoms with Crippen molar-refractivity contribution in [1.29, 1.82) is 0 Å². The highest BCUT2D eigenvalue weighted by Crippen LogP contribution is 2.42. The second kappa shape index (κ2) is 14.9. The van der Waals surface area contributed by atoms with Crippen LogP contribution in [0.2, 0.25) is 0 Å². The molecule has 5 atom stereocenters. The Hall–Kier alpha value is -3.60. The molecule has 44 heavy (non-hydrogen) atoms. The van der Waals surface area contributed by atoms with E-state index in [9.17, 15) is 19.8 Å². The number of carbonyl (C=O) groups is 2. The van der Waals surface area contributed by atoms with Crippen LogP contribution in [0.15, 0.2) is 72.8 Å². The summed E-state index contributed by atoms with van der Waals surface area (Å²) in [5.41, 5.74) is 5.70. The second-order valence-corrected chi connectivity index (χ2v) is 11.9. The Morgan fingerprint density at radius 1 is 0.932 bits per heavy atom. The van der Waals surface area contributed by atoms with Gasteiger partial charge >= 0.3 is 5.97 Å². The van der Waals surface area contributed by atoms with Gasteiger partial charge in [-0.1, -0.05) is 67.6 Å². The average Bonchev–Trinajstić information content (AvgIpc) is 3.45. The van der Waals surface area contributed by atoms with Crippen LogP contribution in [0.4, 0.5) is 0 Å². The molecule has 2 fully saturated rings. The van der Waals surface area contributed by atoms with E-state index in [1.807, 2.05) is 66.7 Å². The van der Waals surface area contributed by atoms with Crippen molar-refractivity contribution < 1.29 is 34.4 Å². The summed E-state index contributed by atoms with van der Waals surface area (Å²) >= 11 is 0. The first-order valence-corrected chi connectivity index (χ1v) is 15.4. The van der Waals surface area contributed by atoms with E-state index in [2.05, 4.69) is 23.2 Å². The van der Waals surface area contributed by atoms with E-state index in [1.165, 1.54) is 0 Å². The van der Waals surface area contributed by atoms with Crippen LogP contribution in [-0.4, -0.2) is 63.9 Å². The normalized spacial score (nSPS) is 23.8. The summed E-state index contributed by atoms with van der Waals surface area (Å²) in [6.07, 6.45) is -0.000389. The van der Waals surface area contributed by atoms with Crippen LogP contribution < -0.4 is 5.32 Å². The lowest BCUT2D eigenvalue weighted by Crippen LogP contribution is -2.44. The number of β-amino-alcohol motifs (C(OH)–C–C–N with tert-alkyl or cyclic N) is 1. The Morgan fingerprint density at radius 2 is 1.68 bits per heavy atom. The zero-order valence-electron chi connectivity index (χ0n) is 25.1. The van der Waals surface area contributed by atoms with Gasteiger partial charge in [-0.3, -0.25) is 14.5 Å². The maximum atomic E-state index is 12.1. The number of aliphatic hydroxyl groups is 2. The predicted octanol–water partition coefficient (Wildman–Crippen LogP) is 4.58. The number of hydrogen-bond acceptors (Lipinski definition) is 7. The molecular formula is C35H42N2O7. The third kappa shape index (κ3) is 8.31. The quantitative estimate of drug-likeness (QED) is 0.237. The summed E-state index contributed by atoms with van der Waals surface area (Å²) in [7, 11) is 0. The molecule has 0 saturated carbocycles. The molecule has 9 nitrogen and oxygen atoms in total. The van der Waals surface area contributed by atoms with Crippen LogP contribution in [-0.2, 0) is 32.2 Å². The Balaban J connectivity index is 1.33. The SMILES string of the molecule is C[C@H]1[C@@H](CN2CC[C@H](O)C2)O[C@@H](c2cccc(-c3cccc(CNC(=O)CCCC(=O)O)c3)c2)O[C@H]1c1ccc(CO)cc1. The molecule has 2 saturated heterocycles. The van der Waals surface area contributed by atoms with Crippen LogP contribution in [0.3, 0.4) is 0 Å². The number of aliphatic carboxylic acids is 1. The summed E-state index contributed by atoms with van der Waals surface area (Å²) in [5.74, 6) is -1.01. The monoisotopic (exact) mass is 602 g/mol. The molecule has 0 unspecified atom stereocenters. The summed E-state index contributed by atoms with van der Waals surface area (Å²) in [4.78, 5) is 25.1. The third-order valence-corrected chi connectivity index (χ3v) is 8.51. The minimum atomic E-state index is -0.902. The largest absolute Gasteiger partial charge is 0.481 e. The van der Waals surface area contributed by atoms with Gasteiger partial charge in [0.2, 0.25) is 5.91 Å². The third-order valence-electron chi connectivity index (χ3n) is 8.51. The number of benzene rings is 3. The fraction of sp³-hybridized carbons (Fsp3) is 0.429. The zero-order chi connectivity index (χ0) is 31.1. The Bertz CT molecular complexity index is 1410. The van der Waals surface area contributed by atoms with E-state index >= 15 is 0 Å². The Labute approximate surface area is 258 Å². The van der Waals surface area contributed by atoms with E-state index < -0.39 is 12.3 Å². The molecule has 0 aliphatic carbocycles. The van der Waals surface area contributed by atoms with E-state index in [1.54, 1.807) is 0 Å². The van der Waals surface area contributed by atoms with Crippen LogP contribution in [0.5, 0.6) is 0 Å². The minimum absolute atomic E-state index is 0.0137. The molecule has 5 rings (SSSR count). The molecule has 0 aromatic heterocycles. The molecule has 3 aromatic rings. The molecular weight excluding hydrogens is 560 g/mol. The number of carboxylic acid groups (broad SMARTS) is 1. The van der Waals surface area contributed by atoms with Gasteiger partial charge in [0, 0.05) is 50.5 Å². The van der Waals surface area contributed by atoms with E-state index in [4.69, 9.17) is 14.6 Å². The van der Waals surface area contributed by atoms with Crippen molar-refractivity contribution >= 4 is 11.9 Å². The number of amides is 1. The average molecular weight is 603 g/mol. The fourth-order valence-corrected chi connectivity index (χ4v) is 5.98. The topological polar surface area (TPSA) is 129 Å². The maximum Gasteiger partial charge on any atom is 0.303 e. The smallest absolute Gasteiger partial charge is 0.303 e. The lowest BCUT2D eigenvalue weighted by molar-refractivity contribution is -0.276. The van der Waals surface area contributed by atoms with Crippen molar-refractivity contribution in [3.8, 4) is 11.1 Å². The first-order chi connectivity index (χ1) is 21.3. The number of hydrogen-bond donors (Lipinski definition) is 4. The number of carboxylic acids is 1. The van der Waals surface area contributed by atoms with Crippen LogP contribution in [0.25, 0.3) is 11.1 Å². The van der Waals surface area contributed by atoms with Crippen molar-refractivity contribution in [2.24, 2.45) is 5.92 Å². The molecule has 2 heterocycles. The zero-order valence-corrected chi connectivity index (χ0v) is 25.1. The molecule has 4 N–H and O–H groups in total. The molecule has 2 aliphatic rings. The van der Waals surface area contributed by atoms with E-state index in [-0.39, 0.29) is 49.6 Å². The highest BCUT2D eigenvalue weighted by Gasteiger charge is 2.40. The number of carbonyl (C=O) groups excluding carboxylic acids is 1. The molecule has 1 amide bonds. The summed E-state index contributed by atoms with van der Waals surface area (Å²) < 4.78 is 13.3. The highest BCUT2D eigenvalue weighted by atomic mass is 16.7. The summed E-state index contributed by atoms with van der Waals surface area (Å²) in [5, 5.41) is 31.3. The lowest BCUT2D eigenvalue weighted by Gasteiger charge is -2.42. The maximum absolute atomic E-state index is 12.1. The van der Waals surface area contributed by atoms with Crippen LogP contribution in [0, 0.1) is 5.92 Å². The molecule has 0 spiro atoms. The lowest BCUT2D eigenvalue weighted by atomic mass is 9.90. The first kappa shape index (κ1) is 31.8. The van der Waals surface area contributed by atoms with E-state index in [0.717, 1.165) is 46.3 Å². The molecule has 234 valence electrons. The number of nitrogens with one attached hydrogen (secondary N) is 1.